The lowest BCUT2D eigenvalue weighted by atomic mass is 9.84. The van der Waals surface area contributed by atoms with Gasteiger partial charge in [-0.25, -0.2) is 9.50 Å². The Kier molecular flexibility index (Phi) is 3.50. The van der Waals surface area contributed by atoms with Crippen LogP contribution in [0.15, 0.2) is 24.5 Å². The highest BCUT2D eigenvalue weighted by atomic mass is 32.1. The summed E-state index contributed by atoms with van der Waals surface area (Å²) < 4.78 is 3.85. The van der Waals surface area contributed by atoms with Crippen molar-refractivity contribution in [1.82, 2.24) is 29.7 Å². The normalized spacial score (nSPS) is 25.0. The Balaban J connectivity index is 1.32. The molecule has 4 aromatic rings. The molecule has 28 heavy (non-hydrogen) atoms. The fraction of sp³-hybridized carbons (Fsp3) is 0.476. The highest BCUT2D eigenvalue weighted by Gasteiger charge is 2.42. The molecule has 1 spiro atoms. The maximum Gasteiger partial charge on any atom is 0.212 e. The van der Waals surface area contributed by atoms with Crippen molar-refractivity contribution in [3.05, 3.63) is 35.8 Å². The van der Waals surface area contributed by atoms with Gasteiger partial charge in [0, 0.05) is 36.7 Å². The smallest absolute Gasteiger partial charge is 0.212 e. The number of aromatic nitrogens is 5. The first kappa shape index (κ1) is 16.7. The standard InChI is InChI=1S/C21H24N6S/c1-13-7-15(8-16-10-26(2)24-18(13)16)19-25-27-11-17(23-20(27)28-19)14-3-4-21(9-14)5-6-22-12-21/h7-8,10-11,14,22H,3-6,9,12H2,1-2H3/t14-,21-/m0/s1. The lowest BCUT2D eigenvalue weighted by Gasteiger charge is -2.21. The molecule has 1 saturated heterocycles. The predicted molar refractivity (Wildman–Crippen MR) is 112 cm³/mol. The second kappa shape index (κ2) is 5.87. The fourth-order valence-electron chi connectivity index (χ4n) is 5.23. The van der Waals surface area contributed by atoms with Crippen molar-refractivity contribution < 1.29 is 0 Å². The number of hydrogen-bond acceptors (Lipinski definition) is 5. The van der Waals surface area contributed by atoms with Gasteiger partial charge in [0.1, 0.15) is 5.01 Å². The van der Waals surface area contributed by atoms with E-state index in [-0.39, 0.29) is 0 Å². The Morgan fingerprint density at radius 2 is 2.14 bits per heavy atom. The Hall–Kier alpha value is -2.25. The quantitative estimate of drug-likeness (QED) is 0.562. The number of imidazole rings is 1. The monoisotopic (exact) mass is 392 g/mol. The molecule has 1 saturated carbocycles. The Morgan fingerprint density at radius 3 is 2.96 bits per heavy atom. The zero-order valence-electron chi connectivity index (χ0n) is 16.3. The van der Waals surface area contributed by atoms with E-state index >= 15 is 0 Å². The molecule has 4 heterocycles. The van der Waals surface area contributed by atoms with Crippen molar-refractivity contribution in [3.63, 3.8) is 0 Å². The van der Waals surface area contributed by atoms with Crippen LogP contribution in [0.25, 0.3) is 26.4 Å². The third kappa shape index (κ3) is 2.53. The first-order valence-electron chi connectivity index (χ1n) is 10.1. The van der Waals surface area contributed by atoms with Crippen LogP contribution in [0, 0.1) is 12.3 Å². The van der Waals surface area contributed by atoms with E-state index in [1.165, 1.54) is 50.0 Å². The summed E-state index contributed by atoms with van der Waals surface area (Å²) in [6, 6.07) is 4.37. The molecular weight excluding hydrogens is 368 g/mol. The number of hydrogen-bond donors (Lipinski definition) is 1. The van der Waals surface area contributed by atoms with Gasteiger partial charge in [-0.2, -0.15) is 10.2 Å². The van der Waals surface area contributed by atoms with E-state index in [1.54, 1.807) is 11.3 Å². The van der Waals surface area contributed by atoms with Crippen molar-refractivity contribution in [3.8, 4) is 10.6 Å². The van der Waals surface area contributed by atoms with Gasteiger partial charge in [-0.05, 0) is 62.3 Å². The molecule has 6 nitrogen and oxygen atoms in total. The molecule has 1 N–H and O–H groups in total. The third-order valence-electron chi connectivity index (χ3n) is 6.68. The van der Waals surface area contributed by atoms with Gasteiger partial charge >= 0.3 is 0 Å². The molecule has 3 aromatic heterocycles. The number of nitrogens with zero attached hydrogens (tertiary/aromatic N) is 5. The molecule has 6 rings (SSSR count). The summed E-state index contributed by atoms with van der Waals surface area (Å²) >= 11 is 1.68. The lowest BCUT2D eigenvalue weighted by molar-refractivity contribution is 0.331. The van der Waals surface area contributed by atoms with Crippen LogP contribution in [-0.2, 0) is 7.05 Å². The van der Waals surface area contributed by atoms with Gasteiger partial charge in [-0.1, -0.05) is 11.3 Å². The van der Waals surface area contributed by atoms with Crippen molar-refractivity contribution in [2.24, 2.45) is 12.5 Å². The van der Waals surface area contributed by atoms with E-state index in [0.29, 0.717) is 11.3 Å². The molecule has 2 fully saturated rings. The summed E-state index contributed by atoms with van der Waals surface area (Å²) in [4.78, 5) is 5.97. The molecule has 0 radical (unpaired) electrons. The van der Waals surface area contributed by atoms with Gasteiger partial charge in [0.25, 0.3) is 0 Å². The van der Waals surface area contributed by atoms with E-state index in [9.17, 15) is 0 Å². The minimum absolute atomic E-state index is 0.525. The number of fused-ring (bicyclic) bond motifs is 2. The Bertz CT molecular complexity index is 1160. The second-order valence-corrected chi connectivity index (χ2v) is 9.66. The molecule has 144 valence electrons. The highest BCUT2D eigenvalue weighted by molar-refractivity contribution is 7.19. The predicted octanol–water partition coefficient (Wildman–Crippen LogP) is 3.90. The van der Waals surface area contributed by atoms with E-state index in [0.717, 1.165) is 26.4 Å². The molecule has 7 heteroatoms. The molecule has 1 aliphatic carbocycles. The van der Waals surface area contributed by atoms with Crippen molar-refractivity contribution >= 4 is 27.2 Å². The largest absolute Gasteiger partial charge is 0.316 e. The van der Waals surface area contributed by atoms with Crippen LogP contribution in [0.4, 0.5) is 0 Å². The molecule has 2 atom stereocenters. The average molecular weight is 393 g/mol. The molecular formula is C21H24N6S. The van der Waals surface area contributed by atoms with Crippen LogP contribution in [0.1, 0.15) is 42.9 Å². The van der Waals surface area contributed by atoms with Gasteiger partial charge in [0.15, 0.2) is 0 Å². The SMILES string of the molecule is Cc1cc(-c2nn3cc([C@H]4CC[C@]5(CCNC5)C4)nc3s2)cc2cn(C)nc12. The van der Waals surface area contributed by atoms with Crippen LogP contribution in [-0.4, -0.2) is 37.5 Å². The molecule has 1 aliphatic heterocycles. The zero-order valence-corrected chi connectivity index (χ0v) is 17.1. The van der Waals surface area contributed by atoms with Crippen LogP contribution in [0.5, 0.6) is 0 Å². The summed E-state index contributed by atoms with van der Waals surface area (Å²) in [7, 11) is 1.97. The Labute approximate surface area is 167 Å². The minimum Gasteiger partial charge on any atom is -0.316 e. The molecule has 2 aliphatic rings. The zero-order chi connectivity index (χ0) is 18.9. The lowest BCUT2D eigenvalue weighted by Crippen LogP contribution is -2.20. The summed E-state index contributed by atoms with van der Waals surface area (Å²) in [5, 5.41) is 15.1. The first-order chi connectivity index (χ1) is 13.6. The Morgan fingerprint density at radius 1 is 1.21 bits per heavy atom. The summed E-state index contributed by atoms with van der Waals surface area (Å²) in [5.41, 5.74) is 5.14. The van der Waals surface area contributed by atoms with Gasteiger partial charge in [-0.15, -0.1) is 0 Å². The van der Waals surface area contributed by atoms with Gasteiger partial charge in [-0.3, -0.25) is 4.68 Å². The molecule has 0 amide bonds. The fourth-order valence-corrected chi connectivity index (χ4v) is 6.10. The van der Waals surface area contributed by atoms with E-state index in [2.05, 4.69) is 41.9 Å². The topological polar surface area (TPSA) is 60.0 Å². The minimum atomic E-state index is 0.525. The summed E-state index contributed by atoms with van der Waals surface area (Å²) in [5.74, 6) is 0.589. The average Bonchev–Trinajstić information content (AvgIpc) is 3.44. The van der Waals surface area contributed by atoms with Crippen LogP contribution >= 0.6 is 11.3 Å². The van der Waals surface area contributed by atoms with Crippen molar-refractivity contribution in [1.29, 1.82) is 0 Å². The molecule has 0 unspecified atom stereocenters. The third-order valence-corrected chi connectivity index (χ3v) is 7.65. The number of benzene rings is 1. The number of rotatable bonds is 2. The summed E-state index contributed by atoms with van der Waals surface area (Å²) in [6.07, 6.45) is 9.42. The van der Waals surface area contributed by atoms with Crippen LogP contribution in [0.2, 0.25) is 0 Å². The van der Waals surface area contributed by atoms with E-state index in [1.807, 2.05) is 16.2 Å². The maximum atomic E-state index is 4.97. The van der Waals surface area contributed by atoms with Crippen LogP contribution in [0.3, 0.4) is 0 Å². The van der Waals surface area contributed by atoms with E-state index < -0.39 is 0 Å². The second-order valence-electron chi connectivity index (χ2n) is 8.70. The number of nitrogens with one attached hydrogen (secondary N) is 1. The van der Waals surface area contributed by atoms with Crippen molar-refractivity contribution in [2.45, 2.75) is 38.5 Å². The van der Waals surface area contributed by atoms with Gasteiger partial charge in [0.2, 0.25) is 4.96 Å². The van der Waals surface area contributed by atoms with Crippen molar-refractivity contribution in [2.75, 3.05) is 13.1 Å². The van der Waals surface area contributed by atoms with E-state index in [4.69, 9.17) is 10.1 Å². The first-order valence-corrected chi connectivity index (χ1v) is 10.9. The molecule has 0 bridgehead atoms. The summed E-state index contributed by atoms with van der Waals surface area (Å²) in [6.45, 7) is 4.48. The van der Waals surface area contributed by atoms with Gasteiger partial charge < -0.3 is 5.32 Å². The molecule has 1 aromatic carbocycles. The van der Waals surface area contributed by atoms with Crippen LogP contribution < -0.4 is 5.32 Å². The van der Waals surface area contributed by atoms with Gasteiger partial charge in [0.05, 0.1) is 17.4 Å². The number of aryl methyl sites for hydroxylation is 2. The maximum absolute atomic E-state index is 4.97. The highest BCUT2D eigenvalue weighted by Crippen LogP contribution is 2.49.